The number of esters is 2. The molecule has 12 heteroatoms. The molecule has 3 N–H and O–H groups in total. The standard InChI is InChI=1S/C55H58N2O10/c1-54(2,3)66-49(60)31-30-44(36-58)56-51(61)45(33-38-18-8-5-9-19-38)57(4)52(62)41-34-47(64-53(63)40-24-17-21-37(32-40)20-16-23-39-22-14-15-29-46(39)59)50-48(35-41)65-55(67-50,42-25-10-6-11-26-42)43-27-12-7-13-28-43/h5-22,24-29,32,35,44-45,47-48,50,58-59H,23,30-31,33-34,36H2,1-4H3,(H,56,61)/t44-,45+,47+,48+,50-/m0/s1. The molecular weight excluding hydrogens is 849 g/mol. The Kier molecular flexibility index (Phi) is 15.5. The number of carbonyl (C=O) groups excluding carboxylic acids is 4. The van der Waals surface area contributed by atoms with E-state index in [0.717, 1.165) is 16.7 Å². The van der Waals surface area contributed by atoms with Gasteiger partial charge in [-0.1, -0.05) is 133 Å². The predicted molar refractivity (Wildman–Crippen MR) is 253 cm³/mol. The maximum Gasteiger partial charge on any atom is 0.338 e. The van der Waals surface area contributed by atoms with Crippen molar-refractivity contribution in [2.75, 3.05) is 13.7 Å². The minimum Gasteiger partial charge on any atom is -0.508 e. The Bertz CT molecular complexity index is 2520. The normalized spacial score (nSPS) is 18.5. The zero-order valence-electron chi connectivity index (χ0n) is 38.2. The van der Waals surface area contributed by atoms with Crippen LogP contribution in [-0.2, 0) is 52.0 Å². The van der Waals surface area contributed by atoms with Crippen LogP contribution in [-0.4, -0.2) is 88.5 Å². The summed E-state index contributed by atoms with van der Waals surface area (Å²) in [4.78, 5) is 57.3. The molecule has 5 aromatic rings. The number of hydrogen-bond donors (Lipinski definition) is 3. The summed E-state index contributed by atoms with van der Waals surface area (Å²) in [5, 5.41) is 23.4. The number of nitrogens with zero attached hydrogens (tertiary/aromatic N) is 1. The van der Waals surface area contributed by atoms with Crippen LogP contribution < -0.4 is 5.32 Å². The average molecular weight is 907 g/mol. The molecule has 1 heterocycles. The second-order valence-corrected chi connectivity index (χ2v) is 17.8. The van der Waals surface area contributed by atoms with Crippen molar-refractivity contribution < 1.29 is 48.3 Å². The lowest BCUT2D eigenvalue weighted by Gasteiger charge is -2.34. The maximum atomic E-state index is 14.9. The molecule has 2 amide bonds. The van der Waals surface area contributed by atoms with E-state index in [9.17, 15) is 29.4 Å². The summed E-state index contributed by atoms with van der Waals surface area (Å²) in [5.74, 6) is -3.35. The van der Waals surface area contributed by atoms with Crippen LogP contribution in [0, 0.1) is 0 Å². The number of fused-ring (bicyclic) bond motifs is 1. The highest BCUT2D eigenvalue weighted by Crippen LogP contribution is 2.47. The average Bonchev–Trinajstić information content (AvgIpc) is 3.74. The quantitative estimate of drug-likeness (QED) is 0.0784. The van der Waals surface area contributed by atoms with Crippen molar-refractivity contribution in [3.8, 4) is 5.75 Å². The van der Waals surface area contributed by atoms with Gasteiger partial charge in [0.15, 0.2) is 0 Å². The minimum absolute atomic E-state index is 0.0351. The van der Waals surface area contributed by atoms with Crippen LogP contribution in [0.25, 0.3) is 6.08 Å². The van der Waals surface area contributed by atoms with E-state index in [2.05, 4.69) is 5.32 Å². The number of allylic oxidation sites excluding steroid dienone is 1. The molecule has 5 aromatic carbocycles. The lowest BCUT2D eigenvalue weighted by Crippen LogP contribution is -2.53. The Morgan fingerprint density at radius 2 is 1.49 bits per heavy atom. The molecule has 5 atom stereocenters. The molecule has 7 rings (SSSR count). The van der Waals surface area contributed by atoms with Gasteiger partial charge >= 0.3 is 11.9 Å². The van der Waals surface area contributed by atoms with Crippen LogP contribution in [0.1, 0.15) is 78.2 Å². The molecule has 348 valence electrons. The number of aliphatic hydroxyl groups excluding tert-OH is 1. The van der Waals surface area contributed by atoms with Crippen molar-refractivity contribution in [3.63, 3.8) is 0 Å². The Hall–Kier alpha value is -6.86. The second kappa shape index (κ2) is 21.6. The first-order valence-electron chi connectivity index (χ1n) is 22.6. The van der Waals surface area contributed by atoms with Crippen molar-refractivity contribution in [1.82, 2.24) is 10.2 Å². The van der Waals surface area contributed by atoms with Gasteiger partial charge in [-0.25, -0.2) is 4.79 Å². The van der Waals surface area contributed by atoms with Crippen LogP contribution >= 0.6 is 0 Å². The van der Waals surface area contributed by atoms with Crippen LogP contribution in [0.15, 0.2) is 157 Å². The molecule has 1 fully saturated rings. The van der Waals surface area contributed by atoms with Gasteiger partial charge in [0.25, 0.3) is 0 Å². The molecule has 0 unspecified atom stereocenters. The molecule has 67 heavy (non-hydrogen) atoms. The van der Waals surface area contributed by atoms with Crippen LogP contribution in [0.2, 0.25) is 0 Å². The fraction of sp³-hybridized carbons (Fsp3) is 0.309. The summed E-state index contributed by atoms with van der Waals surface area (Å²) in [6, 6.07) is 40.4. The minimum atomic E-state index is -1.43. The number of phenolic OH excluding ortho intramolecular Hbond substituents is 1. The maximum absolute atomic E-state index is 14.9. The number of amides is 2. The number of rotatable bonds is 17. The topological polar surface area (TPSA) is 161 Å². The molecule has 2 aliphatic rings. The van der Waals surface area contributed by atoms with Crippen LogP contribution in [0.4, 0.5) is 0 Å². The van der Waals surface area contributed by atoms with Gasteiger partial charge in [0.1, 0.15) is 35.7 Å². The third kappa shape index (κ3) is 12.1. The smallest absolute Gasteiger partial charge is 0.338 e. The van der Waals surface area contributed by atoms with E-state index in [0.29, 0.717) is 17.5 Å². The summed E-state index contributed by atoms with van der Waals surface area (Å²) >= 11 is 0. The van der Waals surface area contributed by atoms with Gasteiger partial charge < -0.3 is 39.4 Å². The predicted octanol–water partition coefficient (Wildman–Crippen LogP) is 7.86. The van der Waals surface area contributed by atoms with Crippen molar-refractivity contribution in [1.29, 1.82) is 0 Å². The molecule has 1 aliphatic carbocycles. The first-order valence-corrected chi connectivity index (χ1v) is 22.6. The van der Waals surface area contributed by atoms with Gasteiger partial charge in [-0.15, -0.1) is 0 Å². The first kappa shape index (κ1) is 48.1. The SMILES string of the molecule is CN(C(=O)C1=C[C@H]2OC(c3ccccc3)(c3ccccc3)O[C@H]2[C@H](OC(=O)c2cccc(C=CCc3ccccc3O)c2)C1)[C@H](Cc1ccccc1)C(=O)N[C@H](CO)CCC(=O)OC(C)(C)C. The fourth-order valence-electron chi connectivity index (χ4n) is 8.36. The molecule has 0 bridgehead atoms. The number of carbonyl (C=O) groups is 4. The Labute approximate surface area is 391 Å². The third-order valence-electron chi connectivity index (χ3n) is 11.7. The Balaban J connectivity index is 1.18. The molecule has 1 saturated heterocycles. The summed E-state index contributed by atoms with van der Waals surface area (Å²) < 4.78 is 25.7. The zero-order valence-corrected chi connectivity index (χ0v) is 38.2. The Morgan fingerprint density at radius 1 is 0.851 bits per heavy atom. The van der Waals surface area contributed by atoms with Gasteiger partial charge in [0.05, 0.1) is 18.2 Å². The first-order chi connectivity index (χ1) is 32.2. The number of phenols is 1. The molecule has 12 nitrogen and oxygen atoms in total. The van der Waals surface area contributed by atoms with Gasteiger partial charge in [0.2, 0.25) is 17.6 Å². The van der Waals surface area contributed by atoms with Crippen molar-refractivity contribution in [2.45, 2.75) is 94.7 Å². The number of aliphatic hydroxyl groups is 1. The highest BCUT2D eigenvalue weighted by Gasteiger charge is 2.55. The van der Waals surface area contributed by atoms with Gasteiger partial charge in [-0.2, -0.15) is 0 Å². The fourth-order valence-corrected chi connectivity index (χ4v) is 8.36. The number of aromatic hydroxyl groups is 1. The largest absolute Gasteiger partial charge is 0.508 e. The molecule has 0 spiro atoms. The highest BCUT2D eigenvalue weighted by atomic mass is 16.8. The number of hydrogen-bond acceptors (Lipinski definition) is 10. The van der Waals surface area contributed by atoms with Gasteiger partial charge in [-0.05, 0) is 74.6 Å². The summed E-state index contributed by atoms with van der Waals surface area (Å²) in [6.07, 6.45) is 3.36. The van der Waals surface area contributed by atoms with E-state index < -0.39 is 72.1 Å². The van der Waals surface area contributed by atoms with E-state index in [1.165, 1.54) is 4.90 Å². The van der Waals surface area contributed by atoms with E-state index >= 15 is 0 Å². The second-order valence-electron chi connectivity index (χ2n) is 17.8. The van der Waals surface area contributed by atoms with E-state index in [-0.39, 0.29) is 42.6 Å². The molecule has 0 radical (unpaired) electrons. The molecule has 0 saturated carbocycles. The molecule has 0 aromatic heterocycles. The third-order valence-corrected chi connectivity index (χ3v) is 11.7. The summed E-state index contributed by atoms with van der Waals surface area (Å²) in [6.45, 7) is 4.85. The van der Waals surface area contributed by atoms with Crippen molar-refractivity contribution in [2.24, 2.45) is 0 Å². The highest BCUT2D eigenvalue weighted by molar-refractivity contribution is 5.97. The van der Waals surface area contributed by atoms with Gasteiger partial charge in [-0.3, -0.25) is 14.4 Å². The monoisotopic (exact) mass is 906 g/mol. The Morgan fingerprint density at radius 3 is 2.13 bits per heavy atom. The lowest BCUT2D eigenvalue weighted by atomic mass is 9.90. The number of ether oxygens (including phenoxy) is 4. The number of para-hydroxylation sites is 1. The van der Waals surface area contributed by atoms with Gasteiger partial charge in [0, 0.05) is 43.0 Å². The van der Waals surface area contributed by atoms with E-state index in [4.69, 9.17) is 18.9 Å². The number of likely N-dealkylation sites (N-methyl/N-ethyl adjacent to an activating group) is 1. The van der Waals surface area contributed by atoms with Crippen LogP contribution in [0.5, 0.6) is 5.75 Å². The summed E-state index contributed by atoms with van der Waals surface area (Å²) in [7, 11) is 1.54. The summed E-state index contributed by atoms with van der Waals surface area (Å²) in [5.41, 5.74) is 3.54. The molecular formula is C55H58N2O10. The molecule has 1 aliphatic heterocycles. The van der Waals surface area contributed by atoms with E-state index in [1.54, 1.807) is 64.2 Å². The van der Waals surface area contributed by atoms with E-state index in [1.807, 2.05) is 121 Å². The number of nitrogens with one attached hydrogen (secondary N) is 1. The lowest BCUT2D eigenvalue weighted by molar-refractivity contribution is -0.157. The van der Waals surface area contributed by atoms with Crippen molar-refractivity contribution >= 4 is 29.8 Å². The zero-order chi connectivity index (χ0) is 47.6. The number of benzene rings is 5. The van der Waals surface area contributed by atoms with Crippen LogP contribution in [0.3, 0.4) is 0 Å². The van der Waals surface area contributed by atoms with Crippen molar-refractivity contribution in [3.05, 3.63) is 191 Å².